The number of amides is 2. The molecule has 6 atom stereocenters. The SMILES string of the molecule is C=CCO[C@@]12Oc3ccc(OC(=O)NCCCCCCCCCCCC)cc3[C@H]3[C@H](CCCCO)[C@@H](CCCCO)C=C(C(=NOC(C)(C)C)C[C@@H]1N(Cc1ccc(F)cc1)C(=O)OCC)[C@H]32. The number of aliphatic hydroxyl groups excluding tert-OH is 2. The summed E-state index contributed by atoms with van der Waals surface area (Å²) in [7, 11) is 0. The lowest BCUT2D eigenvalue weighted by Crippen LogP contribution is -2.70. The third-order valence-electron chi connectivity index (χ3n) is 13.2. The average molecular weight is 934 g/mol. The lowest BCUT2D eigenvalue weighted by Gasteiger charge is -2.60. The number of fused-ring (bicyclic) bond motifs is 2. The van der Waals surface area contributed by atoms with Crippen LogP contribution in [0, 0.1) is 23.6 Å². The third-order valence-corrected chi connectivity index (χ3v) is 13.2. The Hall–Kier alpha value is -4.46. The van der Waals surface area contributed by atoms with Gasteiger partial charge in [0.05, 0.1) is 24.8 Å². The number of allylic oxidation sites excluding steroid dienone is 1. The van der Waals surface area contributed by atoms with E-state index in [0.29, 0.717) is 42.2 Å². The third kappa shape index (κ3) is 15.0. The lowest BCUT2D eigenvalue weighted by molar-refractivity contribution is -0.256. The van der Waals surface area contributed by atoms with Crippen molar-refractivity contribution < 1.29 is 48.0 Å². The number of nitrogens with zero attached hydrogens (tertiary/aromatic N) is 2. The Morgan fingerprint density at radius 2 is 1.60 bits per heavy atom. The van der Waals surface area contributed by atoms with Crippen molar-refractivity contribution in [2.24, 2.45) is 22.9 Å². The van der Waals surface area contributed by atoms with Crippen molar-refractivity contribution in [1.82, 2.24) is 10.2 Å². The summed E-state index contributed by atoms with van der Waals surface area (Å²) in [6.07, 6.45) is 19.3. The number of oxime groups is 1. The minimum atomic E-state index is -1.54. The van der Waals surface area contributed by atoms with Crippen molar-refractivity contribution in [3.05, 3.63) is 83.7 Å². The molecule has 3 N–H and O–H groups in total. The summed E-state index contributed by atoms with van der Waals surface area (Å²) in [6, 6.07) is 10.6. The highest BCUT2D eigenvalue weighted by molar-refractivity contribution is 6.03. The molecule has 2 aromatic carbocycles. The van der Waals surface area contributed by atoms with Crippen LogP contribution in [0.3, 0.4) is 0 Å². The Labute approximate surface area is 399 Å². The molecule has 2 aliphatic carbocycles. The van der Waals surface area contributed by atoms with E-state index in [1.54, 1.807) is 36.1 Å². The molecule has 3 aliphatic rings. The van der Waals surface area contributed by atoms with Gasteiger partial charge in [-0.25, -0.2) is 14.0 Å². The largest absolute Gasteiger partial charge is 0.459 e. The van der Waals surface area contributed by atoms with E-state index in [1.807, 2.05) is 32.9 Å². The van der Waals surface area contributed by atoms with Crippen LogP contribution in [0.5, 0.6) is 11.5 Å². The van der Waals surface area contributed by atoms with Gasteiger partial charge in [-0.3, -0.25) is 4.90 Å². The summed E-state index contributed by atoms with van der Waals surface area (Å²) in [5.41, 5.74) is 2.36. The van der Waals surface area contributed by atoms with Crippen molar-refractivity contribution >= 4 is 17.9 Å². The molecule has 1 fully saturated rings. The number of carbonyl (C=O) groups excluding carboxylic acids is 2. The van der Waals surface area contributed by atoms with Gasteiger partial charge >= 0.3 is 12.2 Å². The van der Waals surface area contributed by atoms with Crippen molar-refractivity contribution in [2.75, 3.05) is 33.0 Å². The van der Waals surface area contributed by atoms with Crippen LogP contribution in [0.2, 0.25) is 0 Å². The fraction of sp³-hybridized carbons (Fsp3) is 0.648. The van der Waals surface area contributed by atoms with Crippen molar-refractivity contribution in [2.45, 2.75) is 174 Å². The number of benzene rings is 2. The number of hydrogen-bond acceptors (Lipinski definition) is 10. The quantitative estimate of drug-likeness (QED) is 0.0431. The summed E-state index contributed by atoms with van der Waals surface area (Å²) in [5, 5.41) is 27.8. The number of rotatable bonds is 28. The summed E-state index contributed by atoms with van der Waals surface area (Å²) in [4.78, 5) is 35.6. The number of ether oxygens (including phenoxy) is 4. The molecule has 13 heteroatoms. The smallest absolute Gasteiger partial charge is 0.412 e. The average Bonchev–Trinajstić information content (AvgIpc) is 3.30. The molecule has 0 aromatic heterocycles. The van der Waals surface area contributed by atoms with Crippen molar-refractivity contribution in [1.29, 1.82) is 0 Å². The van der Waals surface area contributed by atoms with Crippen LogP contribution in [0.25, 0.3) is 0 Å². The van der Waals surface area contributed by atoms with Gasteiger partial charge in [-0.2, -0.15) is 0 Å². The van der Waals surface area contributed by atoms with Gasteiger partial charge in [-0.05, 0) is 113 Å². The minimum Gasteiger partial charge on any atom is -0.459 e. The van der Waals surface area contributed by atoms with Crippen molar-refractivity contribution in [3.63, 3.8) is 0 Å². The molecule has 1 aliphatic heterocycles. The molecule has 2 amide bonds. The Bertz CT molecular complexity index is 1920. The molecule has 12 nitrogen and oxygen atoms in total. The van der Waals surface area contributed by atoms with Crippen LogP contribution in [0.15, 0.2) is 71.9 Å². The standard InChI is InChI=1S/C54H80FN3O9/c1-7-10-11-12-13-14-15-16-17-20-31-56-51(61)65-42-29-30-47-45(36-42)49-43(24-19-22-33-60)40(23-18-21-32-59)35-44-46(57-67-53(4,5)6)37-48(54(66-47,50(44)49)64-34-8-2)58(52(62)63-9-3)38-39-25-27-41(55)28-26-39/h8,25-30,35-36,40,43,48-50,59-60H,2,7,9-24,31-34,37-38H2,1,3-6H3,(H,56,61)/t40-,43+,48-,49+,50+,54+/m0/s1. The topological polar surface area (TPSA) is 148 Å². The van der Waals surface area contributed by atoms with Crippen LogP contribution in [-0.2, 0) is 20.9 Å². The second kappa shape index (κ2) is 26.9. The second-order valence-corrected chi connectivity index (χ2v) is 19.4. The summed E-state index contributed by atoms with van der Waals surface area (Å²) in [6.45, 7) is 14.7. The molecule has 67 heavy (non-hydrogen) atoms. The Balaban J connectivity index is 1.59. The zero-order chi connectivity index (χ0) is 48.2. The van der Waals surface area contributed by atoms with Crippen LogP contribution in [0.1, 0.15) is 161 Å². The fourth-order valence-corrected chi connectivity index (χ4v) is 10.1. The van der Waals surface area contributed by atoms with Gasteiger partial charge in [-0.1, -0.05) is 107 Å². The Kier molecular flexibility index (Phi) is 21.5. The molecule has 0 bridgehead atoms. The van der Waals surface area contributed by atoms with Crippen LogP contribution < -0.4 is 14.8 Å². The molecule has 372 valence electrons. The van der Waals surface area contributed by atoms with Gasteiger partial charge in [0.25, 0.3) is 0 Å². The van der Waals surface area contributed by atoms with Gasteiger partial charge in [0.1, 0.15) is 29.0 Å². The van der Waals surface area contributed by atoms with Gasteiger partial charge in [0.2, 0.25) is 5.79 Å². The first kappa shape index (κ1) is 53.5. The molecular weight excluding hydrogens is 854 g/mol. The van der Waals surface area contributed by atoms with Gasteiger partial charge in [0.15, 0.2) is 0 Å². The van der Waals surface area contributed by atoms with Crippen LogP contribution >= 0.6 is 0 Å². The van der Waals surface area contributed by atoms with Crippen molar-refractivity contribution in [3.8, 4) is 11.5 Å². The normalized spacial score (nSPS) is 22.5. The molecule has 1 heterocycles. The highest BCUT2D eigenvalue weighted by Crippen LogP contribution is 2.62. The zero-order valence-corrected chi connectivity index (χ0v) is 41.1. The monoisotopic (exact) mass is 934 g/mol. The molecule has 0 saturated heterocycles. The minimum absolute atomic E-state index is 0.00948. The van der Waals surface area contributed by atoms with Gasteiger partial charge in [-0.15, -0.1) is 6.58 Å². The van der Waals surface area contributed by atoms with Gasteiger partial charge < -0.3 is 39.3 Å². The maximum atomic E-state index is 14.4. The molecule has 5 rings (SSSR count). The van der Waals surface area contributed by atoms with E-state index in [9.17, 15) is 24.2 Å². The first-order chi connectivity index (χ1) is 32.4. The number of nitrogens with one attached hydrogen (secondary N) is 1. The van der Waals surface area contributed by atoms with E-state index in [4.69, 9.17) is 28.9 Å². The Morgan fingerprint density at radius 1 is 0.925 bits per heavy atom. The summed E-state index contributed by atoms with van der Waals surface area (Å²) >= 11 is 0. The van der Waals surface area contributed by atoms with E-state index in [1.165, 1.54) is 57.1 Å². The maximum absolute atomic E-state index is 14.4. The Morgan fingerprint density at radius 3 is 2.24 bits per heavy atom. The molecule has 0 spiro atoms. The predicted octanol–water partition coefficient (Wildman–Crippen LogP) is 11.9. The highest BCUT2D eigenvalue weighted by atomic mass is 19.1. The first-order valence-electron chi connectivity index (χ1n) is 25.3. The molecular formula is C54H80FN3O9. The molecule has 0 radical (unpaired) electrons. The van der Waals surface area contributed by atoms with E-state index in [2.05, 4.69) is 24.9 Å². The predicted molar refractivity (Wildman–Crippen MR) is 261 cm³/mol. The van der Waals surface area contributed by atoms with E-state index < -0.39 is 41.4 Å². The van der Waals surface area contributed by atoms with Crippen LogP contribution in [0.4, 0.5) is 14.0 Å². The number of unbranched alkanes of at least 4 members (excludes halogenated alkanes) is 11. The summed E-state index contributed by atoms with van der Waals surface area (Å²) < 4.78 is 40.4. The zero-order valence-electron chi connectivity index (χ0n) is 41.1. The molecule has 2 aromatic rings. The number of aliphatic hydroxyl groups is 2. The van der Waals surface area contributed by atoms with Gasteiger partial charge in [0, 0.05) is 44.2 Å². The maximum Gasteiger partial charge on any atom is 0.412 e. The molecule has 1 saturated carbocycles. The van der Waals surface area contributed by atoms with E-state index in [0.717, 1.165) is 56.1 Å². The fourth-order valence-electron chi connectivity index (χ4n) is 10.1. The highest BCUT2D eigenvalue weighted by Gasteiger charge is 2.65. The lowest BCUT2D eigenvalue weighted by atomic mass is 9.55. The number of halogens is 1. The number of hydrogen-bond donors (Lipinski definition) is 3. The second-order valence-electron chi connectivity index (χ2n) is 19.4. The van der Waals surface area contributed by atoms with E-state index >= 15 is 0 Å². The van der Waals surface area contributed by atoms with Crippen LogP contribution in [-0.4, -0.2) is 83.4 Å². The summed E-state index contributed by atoms with van der Waals surface area (Å²) in [5.74, 6) is -1.99. The number of carbonyl (C=O) groups is 2. The first-order valence-corrected chi connectivity index (χ1v) is 25.3. The van der Waals surface area contributed by atoms with E-state index in [-0.39, 0.29) is 57.1 Å². The molecule has 0 unspecified atom stereocenters.